The first-order valence-electron chi connectivity index (χ1n) is 7.76. The zero-order valence-corrected chi connectivity index (χ0v) is 14.6. The van der Waals surface area contributed by atoms with Gasteiger partial charge < -0.3 is 20.1 Å². The van der Waals surface area contributed by atoms with E-state index in [2.05, 4.69) is 10.3 Å². The number of aliphatic carboxylic acids is 1. The van der Waals surface area contributed by atoms with E-state index in [1.54, 1.807) is 38.2 Å². The van der Waals surface area contributed by atoms with Crippen LogP contribution >= 0.6 is 11.6 Å². The molecule has 1 aromatic heterocycles. The fourth-order valence-electron chi connectivity index (χ4n) is 2.48. The maximum atomic E-state index is 12.5. The molecule has 0 bridgehead atoms. The quantitative estimate of drug-likeness (QED) is 0.377. The van der Waals surface area contributed by atoms with Gasteiger partial charge in [-0.25, -0.2) is 9.59 Å². The fraction of sp³-hybridized carbons (Fsp3) is 0.353. The highest BCUT2D eigenvalue weighted by molar-refractivity contribution is 6.35. The maximum Gasteiger partial charge on any atom is 0.344 e. The highest BCUT2D eigenvalue weighted by atomic mass is 35.5. The Labute approximate surface area is 149 Å². The topological polar surface area (TPSA) is 108 Å². The van der Waals surface area contributed by atoms with Gasteiger partial charge in [0.2, 0.25) is 11.9 Å². The number of carbonyl (C=O) groups is 3. The van der Waals surface area contributed by atoms with Crippen molar-refractivity contribution in [1.82, 2.24) is 10.3 Å². The van der Waals surface area contributed by atoms with E-state index in [0.29, 0.717) is 27.9 Å². The van der Waals surface area contributed by atoms with Gasteiger partial charge in [0, 0.05) is 18.0 Å². The molecule has 1 aromatic carbocycles. The minimum absolute atomic E-state index is 0.188. The number of amides is 1. The van der Waals surface area contributed by atoms with Crippen LogP contribution in [0.4, 0.5) is 0 Å². The van der Waals surface area contributed by atoms with E-state index in [1.807, 2.05) is 0 Å². The molecule has 1 heterocycles. The highest BCUT2D eigenvalue weighted by Crippen LogP contribution is 2.28. The van der Waals surface area contributed by atoms with Crippen LogP contribution in [-0.2, 0) is 25.5 Å². The van der Waals surface area contributed by atoms with E-state index in [1.165, 1.54) is 0 Å². The smallest absolute Gasteiger partial charge is 0.344 e. The molecule has 2 unspecified atom stereocenters. The van der Waals surface area contributed by atoms with Crippen LogP contribution in [0.3, 0.4) is 0 Å². The van der Waals surface area contributed by atoms with Crippen LogP contribution in [0, 0.1) is 0 Å². The molecule has 0 saturated carbocycles. The van der Waals surface area contributed by atoms with Crippen LogP contribution in [0.15, 0.2) is 24.4 Å². The summed E-state index contributed by atoms with van der Waals surface area (Å²) in [6.45, 7) is 3.45. The van der Waals surface area contributed by atoms with Gasteiger partial charge in [-0.2, -0.15) is 0 Å². The molecule has 8 heteroatoms. The van der Waals surface area contributed by atoms with E-state index < -0.39 is 23.6 Å². The third-order valence-electron chi connectivity index (χ3n) is 4.11. The summed E-state index contributed by atoms with van der Waals surface area (Å²) in [6, 6.07) is 5.16. The number of ether oxygens (including phenoxy) is 1. The number of para-hydroxylation sites is 1. The molecule has 3 N–H and O–H groups in total. The number of carboxylic acid groups (broad SMARTS) is 1. The number of H-pyrrole nitrogens is 1. The predicted molar refractivity (Wildman–Crippen MR) is 92.4 cm³/mol. The van der Waals surface area contributed by atoms with Crippen LogP contribution in [0.5, 0.6) is 0 Å². The van der Waals surface area contributed by atoms with Crippen molar-refractivity contribution in [2.45, 2.75) is 38.3 Å². The second kappa shape index (κ2) is 7.57. The molecule has 1 amide bonds. The Morgan fingerprint density at radius 3 is 2.80 bits per heavy atom. The molecule has 2 aromatic rings. The summed E-state index contributed by atoms with van der Waals surface area (Å²) in [7, 11) is 0. The van der Waals surface area contributed by atoms with Crippen LogP contribution in [0.1, 0.15) is 25.8 Å². The summed E-state index contributed by atoms with van der Waals surface area (Å²) in [5.41, 5.74) is -1.07. The zero-order chi connectivity index (χ0) is 18.6. The van der Waals surface area contributed by atoms with Gasteiger partial charge in [0.05, 0.1) is 16.6 Å². The SMILES string of the molecule is CCC(C)OC(=O)C(Cc1c[nH]c2c(Cl)cccc12)(NC=O)C(=O)O. The number of carboxylic acids is 1. The summed E-state index contributed by atoms with van der Waals surface area (Å²) in [5.74, 6) is -2.51. The molecular formula is C17H19ClN2O5. The van der Waals surface area contributed by atoms with Crippen LogP contribution in [0.25, 0.3) is 10.9 Å². The average Bonchev–Trinajstić information content (AvgIpc) is 2.98. The largest absolute Gasteiger partial charge is 0.479 e. The first kappa shape index (κ1) is 18.8. The van der Waals surface area contributed by atoms with Gasteiger partial charge in [0.25, 0.3) is 0 Å². The molecule has 0 radical (unpaired) electrons. The Morgan fingerprint density at radius 2 is 2.20 bits per heavy atom. The Bertz CT molecular complexity index is 803. The lowest BCUT2D eigenvalue weighted by Gasteiger charge is -2.28. The van der Waals surface area contributed by atoms with Gasteiger partial charge in [-0.05, 0) is 25.0 Å². The number of hydrogen-bond donors (Lipinski definition) is 3. The highest BCUT2D eigenvalue weighted by Gasteiger charge is 2.49. The Kier molecular flexibility index (Phi) is 5.69. The van der Waals surface area contributed by atoms with Crippen molar-refractivity contribution in [3.63, 3.8) is 0 Å². The molecule has 2 atom stereocenters. The van der Waals surface area contributed by atoms with Crippen molar-refractivity contribution in [2.75, 3.05) is 0 Å². The van der Waals surface area contributed by atoms with Gasteiger partial charge in [-0.15, -0.1) is 0 Å². The fourth-order valence-corrected chi connectivity index (χ4v) is 2.71. The number of rotatable bonds is 8. The first-order valence-corrected chi connectivity index (χ1v) is 8.13. The zero-order valence-electron chi connectivity index (χ0n) is 13.8. The Balaban J connectivity index is 2.47. The molecule has 134 valence electrons. The molecule has 0 aliphatic rings. The molecule has 0 fully saturated rings. The number of esters is 1. The summed E-state index contributed by atoms with van der Waals surface area (Å²) < 4.78 is 5.19. The summed E-state index contributed by atoms with van der Waals surface area (Å²) in [5, 5.41) is 13.0. The lowest BCUT2D eigenvalue weighted by Crippen LogP contribution is -2.60. The molecule has 0 aliphatic heterocycles. The minimum Gasteiger partial charge on any atom is -0.479 e. The molecule has 0 aliphatic carbocycles. The predicted octanol–water partition coefficient (Wildman–Crippen LogP) is 2.27. The molecule has 7 nitrogen and oxygen atoms in total. The van der Waals surface area contributed by atoms with Gasteiger partial charge in [-0.3, -0.25) is 4.79 Å². The minimum atomic E-state index is -2.22. The number of aromatic amines is 1. The summed E-state index contributed by atoms with van der Waals surface area (Å²) in [6.07, 6.45) is 1.52. The van der Waals surface area contributed by atoms with Crippen molar-refractivity contribution in [3.8, 4) is 0 Å². The van der Waals surface area contributed by atoms with Crippen molar-refractivity contribution >= 4 is 40.9 Å². The number of hydrogen-bond acceptors (Lipinski definition) is 4. The molecular weight excluding hydrogens is 348 g/mol. The normalized spacial score (nSPS) is 14.5. The van der Waals surface area contributed by atoms with E-state index >= 15 is 0 Å². The third kappa shape index (κ3) is 3.61. The van der Waals surface area contributed by atoms with Crippen molar-refractivity contribution in [3.05, 3.63) is 35.0 Å². The van der Waals surface area contributed by atoms with Crippen LogP contribution < -0.4 is 5.32 Å². The van der Waals surface area contributed by atoms with E-state index in [-0.39, 0.29) is 12.8 Å². The second-order valence-electron chi connectivity index (χ2n) is 5.75. The average molecular weight is 367 g/mol. The Morgan fingerprint density at radius 1 is 1.48 bits per heavy atom. The number of fused-ring (bicyclic) bond motifs is 1. The first-order chi connectivity index (χ1) is 11.9. The standard InChI is InChI=1S/C17H19ClN2O5/c1-3-10(2)25-16(24)17(15(22)23,20-9-21)7-11-8-19-14-12(11)5-4-6-13(14)18/h4-6,8-10,19H,3,7H2,1-2H3,(H,20,21)(H,22,23). The third-order valence-corrected chi connectivity index (χ3v) is 4.42. The van der Waals surface area contributed by atoms with Crippen LogP contribution in [0.2, 0.25) is 5.02 Å². The number of aromatic nitrogens is 1. The van der Waals surface area contributed by atoms with Gasteiger partial charge in [0.1, 0.15) is 0 Å². The van der Waals surface area contributed by atoms with E-state index in [9.17, 15) is 19.5 Å². The number of halogens is 1. The molecule has 25 heavy (non-hydrogen) atoms. The summed E-state index contributed by atoms with van der Waals surface area (Å²) >= 11 is 6.10. The summed E-state index contributed by atoms with van der Waals surface area (Å²) in [4.78, 5) is 38.4. The number of nitrogens with one attached hydrogen (secondary N) is 2. The monoisotopic (exact) mass is 366 g/mol. The second-order valence-corrected chi connectivity index (χ2v) is 6.16. The molecule has 2 rings (SSSR count). The lowest BCUT2D eigenvalue weighted by atomic mass is 9.90. The van der Waals surface area contributed by atoms with Gasteiger partial charge >= 0.3 is 11.9 Å². The van der Waals surface area contributed by atoms with Gasteiger partial charge in [-0.1, -0.05) is 30.7 Å². The number of benzene rings is 1. The maximum absolute atomic E-state index is 12.5. The van der Waals surface area contributed by atoms with E-state index in [4.69, 9.17) is 16.3 Å². The molecule has 0 spiro atoms. The van der Waals surface area contributed by atoms with Crippen molar-refractivity contribution < 1.29 is 24.2 Å². The number of carbonyl (C=O) groups excluding carboxylic acids is 2. The molecule has 0 saturated heterocycles. The Hall–Kier alpha value is -2.54. The van der Waals surface area contributed by atoms with Crippen molar-refractivity contribution in [1.29, 1.82) is 0 Å². The van der Waals surface area contributed by atoms with E-state index in [0.717, 1.165) is 0 Å². The van der Waals surface area contributed by atoms with Crippen molar-refractivity contribution in [2.24, 2.45) is 0 Å². The van der Waals surface area contributed by atoms with Gasteiger partial charge in [0.15, 0.2) is 0 Å². The van der Waals surface area contributed by atoms with Crippen LogP contribution in [-0.4, -0.2) is 40.1 Å². The lowest BCUT2D eigenvalue weighted by molar-refractivity contribution is -0.167.